The summed E-state index contributed by atoms with van der Waals surface area (Å²) in [5.74, 6) is 0.239. The van der Waals surface area contributed by atoms with Gasteiger partial charge in [-0.05, 0) is 13.3 Å². The fraction of sp³-hybridized carbons (Fsp3) is 1.00. The number of ether oxygens (including phenoxy) is 1. The first-order chi connectivity index (χ1) is 6.49. The molecule has 84 valence electrons. The zero-order valence-corrected chi connectivity index (χ0v) is 7.93. The van der Waals surface area contributed by atoms with Crippen LogP contribution in [0.4, 0.5) is 13.2 Å². The van der Waals surface area contributed by atoms with E-state index < -0.39 is 12.8 Å². The van der Waals surface area contributed by atoms with Crippen molar-refractivity contribution in [2.45, 2.75) is 25.6 Å². The van der Waals surface area contributed by atoms with Crippen molar-refractivity contribution in [1.82, 2.24) is 5.48 Å². The van der Waals surface area contributed by atoms with Gasteiger partial charge in [-0.1, -0.05) is 0 Å². The summed E-state index contributed by atoms with van der Waals surface area (Å²) in [5.41, 5.74) is 2.38. The molecule has 1 saturated heterocycles. The second-order valence-corrected chi connectivity index (χ2v) is 3.43. The lowest BCUT2D eigenvalue weighted by Crippen LogP contribution is -2.36. The lowest BCUT2D eigenvalue weighted by molar-refractivity contribution is -0.193. The van der Waals surface area contributed by atoms with Gasteiger partial charge in [-0.3, -0.25) is 4.84 Å². The van der Waals surface area contributed by atoms with Crippen molar-refractivity contribution in [2.75, 3.05) is 19.8 Å². The number of hydrogen-bond acceptors (Lipinski definition) is 3. The molecule has 6 heteroatoms. The molecule has 0 aliphatic carbocycles. The van der Waals surface area contributed by atoms with E-state index >= 15 is 0 Å². The van der Waals surface area contributed by atoms with Gasteiger partial charge in [0.2, 0.25) is 0 Å². The van der Waals surface area contributed by atoms with Crippen LogP contribution in [0.15, 0.2) is 0 Å². The molecule has 0 aromatic rings. The predicted molar refractivity (Wildman–Crippen MR) is 43.5 cm³/mol. The summed E-state index contributed by atoms with van der Waals surface area (Å²) < 4.78 is 40.2. The SMILES string of the molecule is CC(NOCC(F)(F)F)C1CCOC1. The van der Waals surface area contributed by atoms with Crippen molar-refractivity contribution >= 4 is 0 Å². The molecule has 0 aromatic carbocycles. The first kappa shape index (κ1) is 11.7. The monoisotopic (exact) mass is 213 g/mol. The van der Waals surface area contributed by atoms with Crippen LogP contribution in [0.2, 0.25) is 0 Å². The summed E-state index contributed by atoms with van der Waals surface area (Å²) in [6.45, 7) is 1.79. The van der Waals surface area contributed by atoms with Gasteiger partial charge in [0, 0.05) is 18.6 Å². The Labute approximate surface area is 80.5 Å². The fourth-order valence-corrected chi connectivity index (χ4v) is 1.30. The number of hydroxylamine groups is 1. The average Bonchev–Trinajstić information content (AvgIpc) is 2.53. The summed E-state index contributed by atoms with van der Waals surface area (Å²) in [6, 6.07) is -0.111. The minimum absolute atomic E-state index is 0.111. The zero-order valence-electron chi connectivity index (χ0n) is 7.93. The number of hydrogen-bond donors (Lipinski definition) is 1. The molecule has 1 fully saturated rings. The number of nitrogens with one attached hydrogen (secondary N) is 1. The van der Waals surface area contributed by atoms with Crippen LogP contribution < -0.4 is 5.48 Å². The van der Waals surface area contributed by atoms with Gasteiger partial charge in [-0.25, -0.2) is 0 Å². The third-order valence-corrected chi connectivity index (χ3v) is 2.18. The number of rotatable bonds is 4. The molecule has 0 bridgehead atoms. The zero-order chi connectivity index (χ0) is 10.6. The van der Waals surface area contributed by atoms with Crippen molar-refractivity contribution < 1.29 is 22.7 Å². The van der Waals surface area contributed by atoms with Crippen molar-refractivity contribution in [3.8, 4) is 0 Å². The highest BCUT2D eigenvalue weighted by Gasteiger charge is 2.29. The highest BCUT2D eigenvalue weighted by Crippen LogP contribution is 2.17. The molecular weight excluding hydrogens is 199 g/mol. The second-order valence-electron chi connectivity index (χ2n) is 3.43. The van der Waals surface area contributed by atoms with Gasteiger partial charge < -0.3 is 4.74 Å². The van der Waals surface area contributed by atoms with Gasteiger partial charge in [-0.2, -0.15) is 18.7 Å². The van der Waals surface area contributed by atoms with Crippen molar-refractivity contribution in [1.29, 1.82) is 0 Å². The average molecular weight is 213 g/mol. The van der Waals surface area contributed by atoms with Crippen LogP contribution in [0.25, 0.3) is 0 Å². The summed E-state index contributed by atoms with van der Waals surface area (Å²) in [7, 11) is 0. The van der Waals surface area contributed by atoms with E-state index in [4.69, 9.17) is 4.74 Å². The molecule has 1 rings (SSSR count). The lowest BCUT2D eigenvalue weighted by atomic mass is 10.0. The molecule has 2 atom stereocenters. The molecule has 0 radical (unpaired) electrons. The molecule has 0 amide bonds. The summed E-state index contributed by atoms with van der Waals surface area (Å²) in [4.78, 5) is 4.34. The minimum Gasteiger partial charge on any atom is -0.381 e. The van der Waals surface area contributed by atoms with Crippen molar-refractivity contribution in [2.24, 2.45) is 5.92 Å². The van der Waals surface area contributed by atoms with Gasteiger partial charge in [0.15, 0.2) is 6.61 Å². The van der Waals surface area contributed by atoms with E-state index in [0.29, 0.717) is 13.2 Å². The minimum atomic E-state index is -4.28. The molecule has 1 heterocycles. The maximum absolute atomic E-state index is 11.7. The highest BCUT2D eigenvalue weighted by molar-refractivity contribution is 4.72. The molecular formula is C8H14F3NO2. The van der Waals surface area contributed by atoms with E-state index in [9.17, 15) is 13.2 Å². The van der Waals surface area contributed by atoms with Gasteiger partial charge >= 0.3 is 6.18 Å². The Morgan fingerprint density at radius 2 is 2.29 bits per heavy atom. The van der Waals surface area contributed by atoms with E-state index in [1.54, 1.807) is 6.92 Å². The van der Waals surface area contributed by atoms with E-state index in [1.807, 2.05) is 0 Å². The van der Waals surface area contributed by atoms with E-state index in [0.717, 1.165) is 6.42 Å². The Bertz CT molecular complexity index is 168. The first-order valence-electron chi connectivity index (χ1n) is 4.51. The van der Waals surface area contributed by atoms with Gasteiger partial charge in [-0.15, -0.1) is 0 Å². The molecule has 2 unspecified atom stereocenters. The molecule has 14 heavy (non-hydrogen) atoms. The molecule has 1 aliphatic heterocycles. The number of alkyl halides is 3. The maximum atomic E-state index is 11.7. The number of halogens is 3. The van der Waals surface area contributed by atoms with Crippen LogP contribution in [-0.2, 0) is 9.57 Å². The maximum Gasteiger partial charge on any atom is 0.413 e. The smallest absolute Gasteiger partial charge is 0.381 e. The molecule has 3 nitrogen and oxygen atoms in total. The Balaban J connectivity index is 2.11. The van der Waals surface area contributed by atoms with Gasteiger partial charge in [0.25, 0.3) is 0 Å². The second kappa shape index (κ2) is 4.95. The van der Waals surface area contributed by atoms with E-state index in [1.165, 1.54) is 0 Å². The quantitative estimate of drug-likeness (QED) is 0.718. The van der Waals surface area contributed by atoms with E-state index in [2.05, 4.69) is 10.3 Å². The molecule has 0 saturated carbocycles. The van der Waals surface area contributed by atoms with Crippen LogP contribution in [0, 0.1) is 5.92 Å². The molecule has 1 N–H and O–H groups in total. The van der Waals surface area contributed by atoms with Crippen LogP contribution in [0.5, 0.6) is 0 Å². The Morgan fingerprint density at radius 3 is 2.79 bits per heavy atom. The van der Waals surface area contributed by atoms with Crippen LogP contribution in [0.1, 0.15) is 13.3 Å². The predicted octanol–water partition coefficient (Wildman–Crippen LogP) is 1.49. The van der Waals surface area contributed by atoms with E-state index in [-0.39, 0.29) is 12.0 Å². The fourth-order valence-electron chi connectivity index (χ4n) is 1.30. The summed E-state index contributed by atoms with van der Waals surface area (Å²) >= 11 is 0. The van der Waals surface area contributed by atoms with Gasteiger partial charge in [0.05, 0.1) is 6.61 Å². The first-order valence-corrected chi connectivity index (χ1v) is 4.51. The Hall–Kier alpha value is -0.330. The van der Waals surface area contributed by atoms with Crippen LogP contribution in [-0.4, -0.2) is 32.0 Å². The molecule has 0 spiro atoms. The third kappa shape index (κ3) is 4.26. The van der Waals surface area contributed by atoms with Crippen LogP contribution in [0.3, 0.4) is 0 Å². The summed E-state index contributed by atoms with van der Waals surface area (Å²) in [5, 5.41) is 0. The standard InChI is InChI=1S/C8H14F3NO2/c1-6(7-2-3-13-4-7)12-14-5-8(9,10)11/h6-7,12H,2-5H2,1H3. The molecule has 0 aromatic heterocycles. The Kier molecular flexibility index (Phi) is 4.15. The van der Waals surface area contributed by atoms with Gasteiger partial charge in [0.1, 0.15) is 0 Å². The van der Waals surface area contributed by atoms with Crippen LogP contribution >= 0.6 is 0 Å². The normalized spacial score (nSPS) is 25.3. The largest absolute Gasteiger partial charge is 0.413 e. The highest BCUT2D eigenvalue weighted by atomic mass is 19.4. The Morgan fingerprint density at radius 1 is 1.57 bits per heavy atom. The van der Waals surface area contributed by atoms with Crippen molar-refractivity contribution in [3.63, 3.8) is 0 Å². The topological polar surface area (TPSA) is 30.5 Å². The third-order valence-electron chi connectivity index (χ3n) is 2.18. The lowest BCUT2D eigenvalue weighted by Gasteiger charge is -2.19. The van der Waals surface area contributed by atoms with Crippen molar-refractivity contribution in [3.05, 3.63) is 0 Å². The summed E-state index contributed by atoms with van der Waals surface area (Å²) in [6.07, 6.45) is -3.41. The molecule has 1 aliphatic rings.